The smallest absolute Gasteiger partial charge is 0.323 e. The van der Waals surface area contributed by atoms with Crippen LogP contribution in [0.15, 0.2) is 0 Å². The predicted molar refractivity (Wildman–Crippen MR) is 331 cm³/mol. The molecule has 0 aliphatic rings. The molecule has 0 saturated heterocycles. The second kappa shape index (κ2) is 39.4. The van der Waals surface area contributed by atoms with Crippen LogP contribution in [0.3, 0.4) is 0 Å². The van der Waals surface area contributed by atoms with E-state index in [2.05, 4.69) is 0 Å². The highest BCUT2D eigenvalue weighted by molar-refractivity contribution is 5.96. The molecule has 528 valence electrons. The van der Waals surface area contributed by atoms with Crippen molar-refractivity contribution in [3.05, 3.63) is 0 Å². The molecule has 0 saturated carbocycles. The molecule has 0 radical (unpaired) electrons. The number of carboxylic acids is 1. The number of nitrogens with zero attached hydrogens (tertiary/aromatic N) is 18. The topological polar surface area (TPSA) is 403 Å². The summed E-state index contributed by atoms with van der Waals surface area (Å²) < 4.78 is 0. The summed E-state index contributed by atoms with van der Waals surface area (Å²) >= 11 is 0. The third-order valence-corrected chi connectivity index (χ3v) is 14.5. The fourth-order valence-electron chi connectivity index (χ4n) is 7.31. The first kappa shape index (κ1) is 83.9. The summed E-state index contributed by atoms with van der Waals surface area (Å²) in [6, 6.07) is 0. The van der Waals surface area contributed by atoms with E-state index in [1.54, 1.807) is 0 Å². The van der Waals surface area contributed by atoms with Gasteiger partial charge in [0, 0.05) is 134 Å². The van der Waals surface area contributed by atoms with Crippen molar-refractivity contribution in [2.45, 2.75) is 6.92 Å². The van der Waals surface area contributed by atoms with Gasteiger partial charge in [-0.05, 0) is 0 Å². The molecule has 18 amide bonds. The molecule has 0 aromatic heterocycles. The van der Waals surface area contributed by atoms with Gasteiger partial charge in [0.15, 0.2) is 0 Å². The molecule has 38 heteroatoms. The average Bonchev–Trinajstić information content (AvgIpc) is 1.04. The largest absolute Gasteiger partial charge is 0.480 e. The Hall–Kier alpha value is -10.1. The van der Waals surface area contributed by atoms with E-state index in [9.17, 15) is 91.1 Å². The monoisotopic (exact) mass is 1340 g/mol. The highest BCUT2D eigenvalue weighted by Crippen LogP contribution is 2.04. The van der Waals surface area contributed by atoms with Crippen molar-refractivity contribution in [3.8, 4) is 0 Å². The first-order valence-electron chi connectivity index (χ1n) is 28.7. The molecule has 1 N–H and O–H groups in total. The van der Waals surface area contributed by atoms with Crippen LogP contribution < -0.4 is 0 Å². The third kappa shape index (κ3) is 29.9. The van der Waals surface area contributed by atoms with Gasteiger partial charge < -0.3 is 93.3 Å². The van der Waals surface area contributed by atoms with Gasteiger partial charge in [-0.1, -0.05) is 0 Å². The van der Waals surface area contributed by atoms with Crippen molar-refractivity contribution < 1.29 is 96.2 Å². The molecule has 0 aromatic carbocycles. The highest BCUT2D eigenvalue weighted by atomic mass is 16.4. The standard InChI is InChI=1S/C56H94N18O20/c1-38(75)57(2)20-39(76)58(3)21-40(77)59(4)22-41(78)60(5)23-42(79)61(6)24-43(80)62(7)25-44(81)63(8)26-45(82)64(9)27-46(83)65(10)28-47(84)66(11)29-48(85)67(12)30-49(86)68(13)31-50(87)69(14)32-51(88)70(15)33-52(89)71(16)34-53(90)72(17)35-54(91)73(18)36-55(92)74(19)37-56(93)94/h20-37H2,1-19H3,(H,93,94). The van der Waals surface area contributed by atoms with Gasteiger partial charge in [-0.3, -0.25) is 91.1 Å². The van der Waals surface area contributed by atoms with Crippen LogP contribution in [0.4, 0.5) is 0 Å². The Kier molecular flexibility index (Phi) is 35.1. The summed E-state index contributed by atoms with van der Waals surface area (Å²) in [6.07, 6.45) is 0. The minimum Gasteiger partial charge on any atom is -0.480 e. The lowest BCUT2D eigenvalue weighted by molar-refractivity contribution is -0.147. The first-order valence-corrected chi connectivity index (χ1v) is 28.7. The number of rotatable bonds is 36. The molecular formula is C56H94N18O20. The minimum atomic E-state index is -1.24. The van der Waals surface area contributed by atoms with Crippen LogP contribution in [0.5, 0.6) is 0 Å². The summed E-state index contributed by atoms with van der Waals surface area (Å²) in [5.74, 6) is -12.8. The number of amides is 18. The molecule has 0 aliphatic carbocycles. The van der Waals surface area contributed by atoms with Crippen LogP contribution in [0.1, 0.15) is 6.92 Å². The lowest BCUT2D eigenvalue weighted by Gasteiger charge is -2.28. The maximum atomic E-state index is 13.1. The van der Waals surface area contributed by atoms with Gasteiger partial charge in [-0.15, -0.1) is 0 Å². The lowest BCUT2D eigenvalue weighted by atomic mass is 10.3. The number of carbonyl (C=O) groups excluding carboxylic acids is 18. The maximum Gasteiger partial charge on any atom is 0.323 e. The first-order chi connectivity index (χ1) is 43.2. The SMILES string of the molecule is CC(=O)N(C)CC(=O)N(C)CC(=O)N(C)CC(=O)N(C)CC(=O)N(C)CC(=O)N(C)CC(=O)N(C)CC(=O)N(C)CC(=O)N(C)CC(=O)N(C)CC(=O)N(C)CC(=O)N(C)CC(=O)N(C)CC(=O)N(C)CC(=O)N(C)CC(=O)N(C)CC(=O)N(C)CC(=O)N(C)CC(=O)O. The summed E-state index contributed by atoms with van der Waals surface area (Å²) in [5, 5.41) is 8.87. The number of hydrogen-bond donors (Lipinski definition) is 1. The van der Waals surface area contributed by atoms with Gasteiger partial charge in [-0.25, -0.2) is 0 Å². The predicted octanol–water partition coefficient (Wildman–Crippen LogP) is -9.66. The van der Waals surface area contributed by atoms with Crippen LogP contribution in [0.2, 0.25) is 0 Å². The summed E-state index contributed by atoms with van der Waals surface area (Å²) in [7, 11) is 23.4. The molecule has 0 aliphatic heterocycles. The molecule has 0 aromatic rings. The van der Waals surface area contributed by atoms with E-state index in [1.165, 1.54) is 139 Å². The minimum absolute atomic E-state index is 0.250. The lowest BCUT2D eigenvalue weighted by Crippen LogP contribution is -2.50. The van der Waals surface area contributed by atoms with Gasteiger partial charge in [0.1, 0.15) is 6.54 Å². The average molecular weight is 1340 g/mol. The van der Waals surface area contributed by atoms with Crippen molar-refractivity contribution in [2.24, 2.45) is 0 Å². The fraction of sp³-hybridized carbons (Fsp3) is 0.661. The van der Waals surface area contributed by atoms with Gasteiger partial charge in [-0.2, -0.15) is 0 Å². The highest BCUT2D eigenvalue weighted by Gasteiger charge is 2.30. The van der Waals surface area contributed by atoms with Gasteiger partial charge in [0.25, 0.3) is 0 Å². The van der Waals surface area contributed by atoms with Crippen LogP contribution >= 0.6 is 0 Å². The second-order valence-corrected chi connectivity index (χ2v) is 23.0. The zero-order valence-electron chi connectivity index (χ0n) is 57.5. The summed E-state index contributed by atoms with van der Waals surface area (Å²) in [6.45, 7) is -7.47. The normalized spacial score (nSPS) is 10.4. The zero-order valence-corrected chi connectivity index (χ0v) is 57.5. The van der Waals surface area contributed by atoms with Crippen molar-refractivity contribution in [3.63, 3.8) is 0 Å². The van der Waals surface area contributed by atoms with Crippen molar-refractivity contribution in [1.82, 2.24) is 88.2 Å². The van der Waals surface area contributed by atoms with E-state index in [0.717, 1.165) is 83.3 Å². The van der Waals surface area contributed by atoms with E-state index in [1.807, 2.05) is 0 Å². The van der Waals surface area contributed by atoms with Crippen LogP contribution in [0.25, 0.3) is 0 Å². The van der Waals surface area contributed by atoms with Crippen molar-refractivity contribution in [2.75, 3.05) is 245 Å². The Morgan fingerprint density at radius 3 is 0.309 bits per heavy atom. The molecule has 0 rings (SSSR count). The summed E-state index contributed by atoms with van der Waals surface area (Å²) in [5.41, 5.74) is 0. The molecular weight excluding hydrogens is 1240 g/mol. The number of carboxylic acid groups (broad SMARTS) is 1. The van der Waals surface area contributed by atoms with Gasteiger partial charge >= 0.3 is 5.97 Å². The molecule has 94 heavy (non-hydrogen) atoms. The van der Waals surface area contributed by atoms with Crippen LogP contribution in [0, 0.1) is 0 Å². The molecule has 0 bridgehead atoms. The molecule has 0 heterocycles. The zero-order chi connectivity index (χ0) is 73.1. The molecule has 0 fully saturated rings. The second-order valence-electron chi connectivity index (χ2n) is 23.0. The molecule has 38 nitrogen and oxygen atoms in total. The summed E-state index contributed by atoms with van der Waals surface area (Å²) in [4.78, 5) is 260. The van der Waals surface area contributed by atoms with E-state index < -0.39 is 211 Å². The quantitative estimate of drug-likeness (QED) is 0.0609. The Bertz CT molecular complexity index is 2860. The van der Waals surface area contributed by atoms with Gasteiger partial charge in [0.05, 0.1) is 111 Å². The van der Waals surface area contributed by atoms with Crippen molar-refractivity contribution >= 4 is 112 Å². The fourth-order valence-corrected chi connectivity index (χ4v) is 7.31. The van der Waals surface area contributed by atoms with Crippen LogP contribution in [-0.4, -0.2) is 450 Å². The van der Waals surface area contributed by atoms with E-state index in [-0.39, 0.29) is 19.0 Å². The Labute approximate surface area is 546 Å². The Balaban J connectivity index is 5.02. The van der Waals surface area contributed by atoms with Crippen LogP contribution in [-0.2, 0) is 91.1 Å². The Morgan fingerprint density at radius 2 is 0.234 bits per heavy atom. The number of aliphatic carboxylic acids is 1. The van der Waals surface area contributed by atoms with Gasteiger partial charge in [0.2, 0.25) is 106 Å². The Morgan fingerprint density at radius 1 is 0.160 bits per heavy atom. The number of carbonyl (C=O) groups is 19. The van der Waals surface area contributed by atoms with E-state index in [0.29, 0.717) is 0 Å². The molecule has 0 spiro atoms. The molecule has 0 atom stereocenters. The number of likely N-dealkylation sites (N-methyl/N-ethyl adjacent to an activating group) is 18. The van der Waals surface area contributed by atoms with Crippen molar-refractivity contribution in [1.29, 1.82) is 0 Å². The molecule has 0 unspecified atom stereocenters. The third-order valence-electron chi connectivity index (χ3n) is 14.5. The van der Waals surface area contributed by atoms with E-state index >= 15 is 0 Å². The number of hydrogen-bond acceptors (Lipinski definition) is 19. The van der Waals surface area contributed by atoms with E-state index in [4.69, 9.17) is 5.11 Å². The maximum absolute atomic E-state index is 13.1.